The van der Waals surface area contributed by atoms with E-state index in [1.165, 1.54) is 0 Å². The molecule has 0 radical (unpaired) electrons. The number of nitrogens with one attached hydrogen (secondary N) is 2. The van der Waals surface area contributed by atoms with Gasteiger partial charge < -0.3 is 15.0 Å². The summed E-state index contributed by atoms with van der Waals surface area (Å²) in [5.41, 5.74) is 1.03. The van der Waals surface area contributed by atoms with Crippen LogP contribution in [0.5, 0.6) is 5.75 Å². The van der Waals surface area contributed by atoms with Crippen molar-refractivity contribution in [2.45, 2.75) is 25.3 Å². The highest BCUT2D eigenvalue weighted by Crippen LogP contribution is 2.32. The van der Waals surface area contributed by atoms with E-state index in [9.17, 15) is 9.59 Å². The van der Waals surface area contributed by atoms with E-state index in [4.69, 9.17) is 4.74 Å². The van der Waals surface area contributed by atoms with Gasteiger partial charge in [-0.05, 0) is 31.4 Å². The molecule has 1 unspecified atom stereocenters. The number of hydrogen-bond donors (Lipinski definition) is 2. The van der Waals surface area contributed by atoms with Crippen molar-refractivity contribution < 1.29 is 14.3 Å². The number of rotatable bonds is 2. The molecule has 136 valence electrons. The number of urea groups is 1. The molecule has 2 aromatic heterocycles. The van der Waals surface area contributed by atoms with Crippen LogP contribution < -0.4 is 15.4 Å². The first kappa shape index (κ1) is 16.4. The van der Waals surface area contributed by atoms with Gasteiger partial charge in [-0.15, -0.1) is 0 Å². The number of ether oxygens (including phenoxy) is 1. The number of pyridine rings is 1. The zero-order valence-electron chi connectivity index (χ0n) is 14.4. The predicted molar refractivity (Wildman–Crippen MR) is 93.9 cm³/mol. The van der Waals surface area contributed by atoms with Crippen LogP contribution in [0.1, 0.15) is 30.9 Å². The Morgan fingerprint density at radius 3 is 3.08 bits per heavy atom. The van der Waals surface area contributed by atoms with E-state index in [0.29, 0.717) is 23.9 Å². The molecular weight excluding hydrogens is 336 g/mol. The van der Waals surface area contributed by atoms with Crippen molar-refractivity contribution >= 4 is 23.6 Å². The molecule has 0 aromatic carbocycles. The summed E-state index contributed by atoms with van der Waals surface area (Å²) in [6.07, 6.45) is 6.69. The number of aromatic nitrogens is 3. The lowest BCUT2D eigenvalue weighted by Crippen LogP contribution is -2.41. The molecule has 9 nitrogen and oxygen atoms in total. The van der Waals surface area contributed by atoms with Crippen molar-refractivity contribution in [1.82, 2.24) is 19.7 Å². The van der Waals surface area contributed by atoms with Crippen LogP contribution in [0.4, 0.5) is 16.4 Å². The Morgan fingerprint density at radius 1 is 1.38 bits per heavy atom. The highest BCUT2D eigenvalue weighted by atomic mass is 16.5. The summed E-state index contributed by atoms with van der Waals surface area (Å²) in [6, 6.07) is 3.14. The standard InChI is InChI=1S/C17H20N6O3/c1-22-9-11(8-18-22)12-4-2-3-7-23(12)17(25)20-14-6-5-13-16(19-14)21-15(24)10-26-13/h5-6,8-9,12H,2-4,7,10H2,1H3,(H2,19,20,21,24,25). The molecule has 1 atom stereocenters. The lowest BCUT2D eigenvalue weighted by Gasteiger charge is -2.35. The monoisotopic (exact) mass is 356 g/mol. The molecule has 1 fully saturated rings. The molecule has 26 heavy (non-hydrogen) atoms. The van der Waals surface area contributed by atoms with Crippen molar-refractivity contribution in [2.75, 3.05) is 23.8 Å². The minimum absolute atomic E-state index is 0.00175. The Labute approximate surface area is 150 Å². The number of nitrogens with zero attached hydrogens (tertiary/aromatic N) is 4. The van der Waals surface area contributed by atoms with Gasteiger partial charge in [-0.3, -0.25) is 14.8 Å². The number of aryl methyl sites for hydroxylation is 1. The van der Waals surface area contributed by atoms with E-state index < -0.39 is 0 Å². The van der Waals surface area contributed by atoms with Gasteiger partial charge in [-0.2, -0.15) is 5.10 Å². The van der Waals surface area contributed by atoms with Crippen LogP contribution >= 0.6 is 0 Å². The smallest absolute Gasteiger partial charge is 0.323 e. The molecule has 2 N–H and O–H groups in total. The summed E-state index contributed by atoms with van der Waals surface area (Å²) in [7, 11) is 1.87. The van der Waals surface area contributed by atoms with E-state index in [1.807, 2.05) is 18.1 Å². The second kappa shape index (κ2) is 6.66. The molecule has 4 rings (SSSR count). The van der Waals surface area contributed by atoms with Crippen LogP contribution in [0.3, 0.4) is 0 Å². The average molecular weight is 356 g/mol. The molecule has 1 saturated heterocycles. The maximum Gasteiger partial charge on any atom is 0.323 e. The molecule has 9 heteroatoms. The lowest BCUT2D eigenvalue weighted by atomic mass is 9.98. The summed E-state index contributed by atoms with van der Waals surface area (Å²) < 4.78 is 7.03. The number of amides is 3. The molecule has 2 aromatic rings. The number of carbonyl (C=O) groups is 2. The molecule has 0 bridgehead atoms. The third-order valence-corrected chi connectivity index (χ3v) is 4.58. The van der Waals surface area contributed by atoms with Crippen molar-refractivity contribution in [3.05, 3.63) is 30.1 Å². The van der Waals surface area contributed by atoms with Crippen molar-refractivity contribution in [1.29, 1.82) is 0 Å². The second-order valence-electron chi connectivity index (χ2n) is 6.46. The number of hydrogen-bond acceptors (Lipinski definition) is 5. The van der Waals surface area contributed by atoms with Gasteiger partial charge in [0.15, 0.2) is 18.2 Å². The van der Waals surface area contributed by atoms with Crippen LogP contribution in [-0.2, 0) is 11.8 Å². The SMILES string of the molecule is Cn1cc(C2CCCCN2C(=O)Nc2ccc3c(n2)NC(=O)CO3)cn1. The largest absolute Gasteiger partial charge is 0.480 e. The highest BCUT2D eigenvalue weighted by Gasteiger charge is 2.29. The minimum Gasteiger partial charge on any atom is -0.480 e. The average Bonchev–Trinajstić information content (AvgIpc) is 3.07. The predicted octanol–water partition coefficient (Wildman–Crippen LogP) is 1.91. The van der Waals surface area contributed by atoms with Crippen molar-refractivity contribution in [3.63, 3.8) is 0 Å². The van der Waals surface area contributed by atoms with Crippen LogP contribution in [0.25, 0.3) is 0 Å². The zero-order valence-corrected chi connectivity index (χ0v) is 14.4. The highest BCUT2D eigenvalue weighted by molar-refractivity contribution is 5.95. The maximum atomic E-state index is 12.8. The normalized spacial score (nSPS) is 19.3. The zero-order chi connectivity index (χ0) is 18.1. The van der Waals surface area contributed by atoms with Crippen molar-refractivity contribution in [2.24, 2.45) is 7.05 Å². The summed E-state index contributed by atoms with van der Waals surface area (Å²) in [5.74, 6) is 0.923. The number of anilines is 2. The van der Waals surface area contributed by atoms with Crippen LogP contribution in [0.15, 0.2) is 24.5 Å². The first-order valence-corrected chi connectivity index (χ1v) is 8.60. The van der Waals surface area contributed by atoms with Gasteiger partial charge in [-0.25, -0.2) is 9.78 Å². The number of carbonyl (C=O) groups excluding carboxylic acids is 2. The summed E-state index contributed by atoms with van der Waals surface area (Å²) in [4.78, 5) is 30.3. The number of fused-ring (bicyclic) bond motifs is 1. The fraction of sp³-hybridized carbons (Fsp3) is 0.412. The van der Waals surface area contributed by atoms with E-state index in [-0.39, 0.29) is 24.6 Å². The van der Waals surface area contributed by atoms with E-state index in [1.54, 1.807) is 23.0 Å². The Bertz CT molecular complexity index is 849. The molecule has 3 amide bonds. The minimum atomic E-state index is -0.263. The quantitative estimate of drug-likeness (QED) is 0.856. The third-order valence-electron chi connectivity index (χ3n) is 4.58. The van der Waals surface area contributed by atoms with Gasteiger partial charge in [-0.1, -0.05) is 0 Å². The molecule has 0 spiro atoms. The summed E-state index contributed by atoms with van der Waals surface area (Å²) in [5, 5.41) is 9.68. The first-order chi connectivity index (χ1) is 12.6. The van der Waals surface area contributed by atoms with Gasteiger partial charge >= 0.3 is 6.03 Å². The van der Waals surface area contributed by atoms with Crippen LogP contribution in [0, 0.1) is 0 Å². The van der Waals surface area contributed by atoms with Gasteiger partial charge in [0, 0.05) is 25.4 Å². The molecule has 0 saturated carbocycles. The van der Waals surface area contributed by atoms with Gasteiger partial charge in [0.2, 0.25) is 0 Å². The van der Waals surface area contributed by atoms with E-state index in [2.05, 4.69) is 20.7 Å². The molecule has 4 heterocycles. The van der Waals surface area contributed by atoms with E-state index >= 15 is 0 Å². The summed E-state index contributed by atoms with van der Waals surface area (Å²) in [6.45, 7) is 0.650. The Hall–Kier alpha value is -3.10. The van der Waals surface area contributed by atoms with E-state index in [0.717, 1.165) is 24.8 Å². The third kappa shape index (κ3) is 3.19. The number of piperidine rings is 1. The fourth-order valence-corrected chi connectivity index (χ4v) is 3.35. The van der Waals surface area contributed by atoms with Gasteiger partial charge in [0.05, 0.1) is 12.2 Å². The summed E-state index contributed by atoms with van der Waals surface area (Å²) >= 11 is 0. The Morgan fingerprint density at radius 2 is 2.27 bits per heavy atom. The molecule has 0 aliphatic carbocycles. The lowest BCUT2D eigenvalue weighted by molar-refractivity contribution is -0.118. The topological polar surface area (TPSA) is 101 Å². The second-order valence-corrected chi connectivity index (χ2v) is 6.46. The van der Waals surface area contributed by atoms with Gasteiger partial charge in [0.25, 0.3) is 5.91 Å². The van der Waals surface area contributed by atoms with Crippen LogP contribution in [-0.4, -0.2) is 44.8 Å². The van der Waals surface area contributed by atoms with Crippen molar-refractivity contribution in [3.8, 4) is 5.75 Å². The fourth-order valence-electron chi connectivity index (χ4n) is 3.35. The Balaban J connectivity index is 1.51. The van der Waals surface area contributed by atoms with Gasteiger partial charge in [0.1, 0.15) is 5.82 Å². The molecule has 2 aliphatic rings. The molecule has 2 aliphatic heterocycles. The first-order valence-electron chi connectivity index (χ1n) is 8.60. The molecular formula is C17H20N6O3. The number of likely N-dealkylation sites (tertiary alicyclic amines) is 1. The Kier molecular flexibility index (Phi) is 4.19. The maximum absolute atomic E-state index is 12.8. The van der Waals surface area contributed by atoms with Crippen LogP contribution in [0.2, 0.25) is 0 Å².